The van der Waals surface area contributed by atoms with Gasteiger partial charge in [0.25, 0.3) is 0 Å². The zero-order valence-corrected chi connectivity index (χ0v) is 8.50. The zero-order valence-electron chi connectivity index (χ0n) is 6.93. The second-order valence-corrected chi connectivity index (χ2v) is 4.10. The van der Waals surface area contributed by atoms with Gasteiger partial charge in [0, 0.05) is 17.8 Å². The van der Waals surface area contributed by atoms with Crippen LogP contribution in [0.5, 0.6) is 0 Å². The molecule has 0 bridgehead atoms. The Morgan fingerprint density at radius 2 is 2.38 bits per heavy atom. The average molecular weight is 227 g/mol. The molecule has 1 aromatic heterocycles. The number of aromatic nitrogens is 1. The Bertz CT molecular complexity index is 267. The molecule has 1 heterocycles. The summed E-state index contributed by atoms with van der Waals surface area (Å²) >= 11 is 6.84. The van der Waals surface area contributed by atoms with Crippen LogP contribution in [-0.4, -0.2) is 17.5 Å². The monoisotopic (exact) mass is 226 g/mol. The first-order valence-electron chi connectivity index (χ1n) is 3.73. The predicted octanol–water partition coefficient (Wildman–Crippen LogP) is 3.25. The fraction of sp³-hybridized carbons (Fsp3) is 0.571. The van der Waals surface area contributed by atoms with E-state index in [1.54, 1.807) is 12.3 Å². The highest BCUT2D eigenvalue weighted by Gasteiger charge is 2.10. The van der Waals surface area contributed by atoms with E-state index in [1.165, 1.54) is 11.3 Å². The second kappa shape index (κ2) is 4.72. The standard InChI is InChI=1S/C7H9ClF2N2S/c1-4(2-5(9)10)11-6-3-13-7(8)12-6/h3-5,11H,2H2,1H3. The van der Waals surface area contributed by atoms with Gasteiger partial charge in [-0.2, -0.15) is 0 Å². The third kappa shape index (κ3) is 3.87. The number of nitrogens with zero attached hydrogens (tertiary/aromatic N) is 1. The van der Waals surface area contributed by atoms with Gasteiger partial charge in [0.1, 0.15) is 5.82 Å². The van der Waals surface area contributed by atoms with Crippen molar-refractivity contribution in [2.45, 2.75) is 25.8 Å². The Hall–Kier alpha value is -0.420. The van der Waals surface area contributed by atoms with Gasteiger partial charge in [0.05, 0.1) is 0 Å². The molecule has 13 heavy (non-hydrogen) atoms. The summed E-state index contributed by atoms with van der Waals surface area (Å²) < 4.78 is 24.2. The number of rotatable bonds is 4. The Morgan fingerprint density at radius 1 is 1.69 bits per heavy atom. The highest BCUT2D eigenvalue weighted by Crippen LogP contribution is 2.20. The van der Waals surface area contributed by atoms with Crippen molar-refractivity contribution in [2.24, 2.45) is 0 Å². The van der Waals surface area contributed by atoms with Gasteiger partial charge < -0.3 is 5.32 Å². The van der Waals surface area contributed by atoms with Crippen molar-refractivity contribution in [1.29, 1.82) is 0 Å². The maximum absolute atomic E-state index is 11.9. The van der Waals surface area contributed by atoms with E-state index in [0.717, 1.165) is 0 Å². The summed E-state index contributed by atoms with van der Waals surface area (Å²) in [5, 5.41) is 4.53. The largest absolute Gasteiger partial charge is 0.367 e. The summed E-state index contributed by atoms with van der Waals surface area (Å²) in [6, 6.07) is -0.293. The fourth-order valence-electron chi connectivity index (χ4n) is 0.897. The van der Waals surface area contributed by atoms with Gasteiger partial charge in [-0.3, -0.25) is 0 Å². The van der Waals surface area contributed by atoms with Crippen LogP contribution in [0.2, 0.25) is 4.47 Å². The van der Waals surface area contributed by atoms with Crippen LogP contribution < -0.4 is 5.32 Å². The van der Waals surface area contributed by atoms with Crippen molar-refractivity contribution in [3.8, 4) is 0 Å². The molecule has 0 aliphatic heterocycles. The maximum atomic E-state index is 11.9. The van der Waals surface area contributed by atoms with Gasteiger partial charge in [-0.1, -0.05) is 11.6 Å². The molecule has 0 fully saturated rings. The third-order valence-electron chi connectivity index (χ3n) is 1.40. The van der Waals surface area contributed by atoms with E-state index in [2.05, 4.69) is 10.3 Å². The van der Waals surface area contributed by atoms with Gasteiger partial charge in [-0.25, -0.2) is 13.8 Å². The first kappa shape index (κ1) is 10.7. The summed E-state index contributed by atoms with van der Waals surface area (Å²) in [6.45, 7) is 1.68. The molecule has 0 spiro atoms. The minimum absolute atomic E-state index is 0.185. The molecule has 1 atom stereocenters. The van der Waals surface area contributed by atoms with Crippen LogP contribution in [0.25, 0.3) is 0 Å². The van der Waals surface area contributed by atoms with E-state index in [1.807, 2.05) is 0 Å². The number of halogens is 3. The van der Waals surface area contributed by atoms with Crippen LogP contribution in [0.4, 0.5) is 14.6 Å². The molecule has 0 aliphatic rings. The molecular formula is C7H9ClF2N2S. The first-order valence-corrected chi connectivity index (χ1v) is 4.99. The molecular weight excluding hydrogens is 218 g/mol. The average Bonchev–Trinajstić information content (AvgIpc) is 2.33. The number of nitrogens with one attached hydrogen (secondary N) is 1. The second-order valence-electron chi connectivity index (χ2n) is 2.66. The Balaban J connectivity index is 2.40. The molecule has 0 aromatic carbocycles. The molecule has 0 saturated heterocycles. The molecule has 0 aliphatic carbocycles. The number of anilines is 1. The van der Waals surface area contributed by atoms with Crippen LogP contribution in [0, 0.1) is 0 Å². The van der Waals surface area contributed by atoms with Crippen LogP contribution in [-0.2, 0) is 0 Å². The minimum atomic E-state index is -2.29. The van der Waals surface area contributed by atoms with Crippen molar-refractivity contribution in [3.05, 3.63) is 9.85 Å². The molecule has 1 unspecified atom stereocenters. The van der Waals surface area contributed by atoms with Crippen molar-refractivity contribution >= 4 is 28.8 Å². The van der Waals surface area contributed by atoms with Crippen LogP contribution >= 0.6 is 22.9 Å². The lowest BCUT2D eigenvalue weighted by Crippen LogP contribution is -2.18. The topological polar surface area (TPSA) is 24.9 Å². The van der Waals surface area contributed by atoms with Crippen molar-refractivity contribution in [2.75, 3.05) is 5.32 Å². The lowest BCUT2D eigenvalue weighted by Gasteiger charge is -2.11. The maximum Gasteiger partial charge on any atom is 0.240 e. The lowest BCUT2D eigenvalue weighted by atomic mass is 10.2. The van der Waals surface area contributed by atoms with E-state index < -0.39 is 6.43 Å². The lowest BCUT2D eigenvalue weighted by molar-refractivity contribution is 0.133. The number of hydrogen-bond acceptors (Lipinski definition) is 3. The normalized spacial score (nSPS) is 13.3. The number of thiazole rings is 1. The predicted molar refractivity (Wildman–Crippen MR) is 50.8 cm³/mol. The smallest absolute Gasteiger partial charge is 0.240 e. The van der Waals surface area contributed by atoms with Crippen molar-refractivity contribution < 1.29 is 8.78 Å². The van der Waals surface area contributed by atoms with E-state index in [4.69, 9.17) is 11.6 Å². The Kier molecular flexibility index (Phi) is 3.87. The summed E-state index contributed by atoms with van der Waals surface area (Å²) in [5.41, 5.74) is 0. The summed E-state index contributed by atoms with van der Waals surface area (Å²) in [5.74, 6) is 0.558. The molecule has 6 heteroatoms. The van der Waals surface area contributed by atoms with Gasteiger partial charge in [-0.05, 0) is 6.92 Å². The number of alkyl halides is 2. The fourth-order valence-corrected chi connectivity index (χ4v) is 1.60. The molecule has 1 rings (SSSR count). The SMILES string of the molecule is CC(CC(F)F)Nc1csc(Cl)n1. The molecule has 1 N–H and O–H groups in total. The van der Waals surface area contributed by atoms with Gasteiger partial charge in [0.15, 0.2) is 4.47 Å². The first-order chi connectivity index (χ1) is 6.08. The van der Waals surface area contributed by atoms with E-state index in [9.17, 15) is 8.78 Å². The summed E-state index contributed by atoms with van der Waals surface area (Å²) in [6.07, 6.45) is -2.48. The quantitative estimate of drug-likeness (QED) is 0.853. The van der Waals surface area contributed by atoms with E-state index >= 15 is 0 Å². The zero-order chi connectivity index (χ0) is 9.84. The summed E-state index contributed by atoms with van der Waals surface area (Å²) in [4.78, 5) is 3.89. The molecule has 2 nitrogen and oxygen atoms in total. The van der Waals surface area contributed by atoms with E-state index in [0.29, 0.717) is 10.3 Å². The van der Waals surface area contributed by atoms with Gasteiger partial charge in [-0.15, -0.1) is 11.3 Å². The third-order valence-corrected chi connectivity index (χ3v) is 2.38. The molecule has 1 aromatic rings. The van der Waals surface area contributed by atoms with Gasteiger partial charge in [0.2, 0.25) is 6.43 Å². The minimum Gasteiger partial charge on any atom is -0.367 e. The van der Waals surface area contributed by atoms with Gasteiger partial charge >= 0.3 is 0 Å². The highest BCUT2D eigenvalue weighted by molar-refractivity contribution is 7.14. The van der Waals surface area contributed by atoms with Crippen molar-refractivity contribution in [3.63, 3.8) is 0 Å². The molecule has 0 radical (unpaired) electrons. The molecule has 74 valence electrons. The molecule has 0 amide bonds. The highest BCUT2D eigenvalue weighted by atomic mass is 35.5. The summed E-state index contributed by atoms with van der Waals surface area (Å²) in [7, 11) is 0. The Labute approximate surface area is 83.9 Å². The van der Waals surface area contributed by atoms with Crippen molar-refractivity contribution in [1.82, 2.24) is 4.98 Å². The van der Waals surface area contributed by atoms with E-state index in [-0.39, 0.29) is 12.5 Å². The van der Waals surface area contributed by atoms with Crippen LogP contribution in [0.15, 0.2) is 5.38 Å². The number of hydrogen-bond donors (Lipinski definition) is 1. The Morgan fingerprint density at radius 3 is 2.85 bits per heavy atom. The van der Waals surface area contributed by atoms with Crippen LogP contribution in [0.3, 0.4) is 0 Å². The van der Waals surface area contributed by atoms with Crippen LogP contribution in [0.1, 0.15) is 13.3 Å². The molecule has 0 saturated carbocycles.